The van der Waals surface area contributed by atoms with Crippen LogP contribution in [0.25, 0.3) is 0 Å². The van der Waals surface area contributed by atoms with Gasteiger partial charge in [-0.05, 0) is 6.42 Å². The van der Waals surface area contributed by atoms with Gasteiger partial charge in [0, 0.05) is 51.3 Å². The van der Waals surface area contributed by atoms with E-state index < -0.39 is 0 Å². The Morgan fingerprint density at radius 2 is 1.03 bits per heavy atom. The van der Waals surface area contributed by atoms with Crippen LogP contribution in [-0.2, 0) is 18.9 Å². The maximum absolute atomic E-state index is 10.2. The van der Waals surface area contributed by atoms with E-state index in [0.717, 1.165) is 39.1 Å². The second-order valence-electron chi connectivity index (χ2n) is 10.8. The van der Waals surface area contributed by atoms with Crippen LogP contribution < -0.4 is 0 Å². The number of ether oxygens (including phenoxy) is 4. The highest BCUT2D eigenvalue weighted by atomic mass is 16.5. The number of rotatable bonds is 15. The molecule has 1 aliphatic heterocycles. The second kappa shape index (κ2) is 24.7. The molecule has 1 unspecified atom stereocenters. The lowest BCUT2D eigenvalue weighted by atomic mass is 9.84. The number of β-amino-alcohol motifs (C(OH)–C–C–N with tert-alkyl or cyclic N) is 1. The summed E-state index contributed by atoms with van der Waals surface area (Å²) in [5.41, 5.74) is -0.106. The fraction of sp³-hybridized carbons (Fsp3) is 1.00. The predicted molar refractivity (Wildman–Crippen MR) is 150 cm³/mol. The minimum absolute atomic E-state index is 0.106. The van der Waals surface area contributed by atoms with Gasteiger partial charge in [-0.1, -0.05) is 71.6 Å². The van der Waals surface area contributed by atoms with Gasteiger partial charge >= 0.3 is 0 Å². The van der Waals surface area contributed by atoms with E-state index in [0.29, 0.717) is 59.4 Å². The number of unbranched alkanes of at least 4 members (excludes halogenated alkanes) is 8. The lowest BCUT2D eigenvalue weighted by Crippen LogP contribution is -2.41. The summed E-state index contributed by atoms with van der Waals surface area (Å²) in [6.45, 7) is 14.3. The summed E-state index contributed by atoms with van der Waals surface area (Å²) in [4.78, 5) is 4.52. The smallest absolute Gasteiger partial charge is 0.0701 e. The van der Waals surface area contributed by atoms with Gasteiger partial charge in [0.2, 0.25) is 0 Å². The van der Waals surface area contributed by atoms with Crippen LogP contribution >= 0.6 is 0 Å². The summed E-state index contributed by atoms with van der Waals surface area (Å²) in [5, 5.41) is 19.5. The molecule has 0 saturated carbocycles. The Bertz CT molecular complexity index is 467. The first kappa shape index (κ1) is 34.7. The topological polar surface area (TPSA) is 83.9 Å². The molecule has 0 aromatic heterocycles. The molecular formula is C29H60N2O6. The number of nitrogens with zero attached hydrogens (tertiary/aromatic N) is 2. The third kappa shape index (κ3) is 20.3. The first-order chi connectivity index (χ1) is 18.1. The van der Waals surface area contributed by atoms with Gasteiger partial charge < -0.3 is 29.2 Å². The molecule has 0 spiro atoms. The Balaban J connectivity index is 2.39. The Kier molecular flexibility index (Phi) is 23.2. The molecule has 222 valence electrons. The van der Waals surface area contributed by atoms with Crippen molar-refractivity contribution in [2.75, 3.05) is 105 Å². The van der Waals surface area contributed by atoms with E-state index in [1.165, 1.54) is 57.8 Å². The van der Waals surface area contributed by atoms with E-state index in [1.54, 1.807) is 0 Å². The molecule has 0 bridgehead atoms. The summed E-state index contributed by atoms with van der Waals surface area (Å²) in [7, 11) is 0. The van der Waals surface area contributed by atoms with Crippen LogP contribution in [0.5, 0.6) is 0 Å². The third-order valence-corrected chi connectivity index (χ3v) is 7.24. The maximum atomic E-state index is 10.2. The summed E-state index contributed by atoms with van der Waals surface area (Å²) >= 11 is 0. The Morgan fingerprint density at radius 1 is 0.595 bits per heavy atom. The van der Waals surface area contributed by atoms with Crippen molar-refractivity contribution in [3.8, 4) is 0 Å². The van der Waals surface area contributed by atoms with E-state index in [-0.39, 0.29) is 18.6 Å². The molecular weight excluding hydrogens is 472 g/mol. The van der Waals surface area contributed by atoms with Crippen LogP contribution in [0.2, 0.25) is 0 Å². The van der Waals surface area contributed by atoms with Crippen molar-refractivity contribution in [2.24, 2.45) is 5.41 Å². The maximum Gasteiger partial charge on any atom is 0.0701 e. The van der Waals surface area contributed by atoms with E-state index in [2.05, 4.69) is 23.6 Å². The minimum Gasteiger partial charge on any atom is -0.396 e. The number of hydrogen-bond donors (Lipinski definition) is 2. The van der Waals surface area contributed by atoms with Crippen LogP contribution in [0.1, 0.15) is 78.1 Å². The quantitative estimate of drug-likeness (QED) is 0.310. The highest BCUT2D eigenvalue weighted by Crippen LogP contribution is 2.26. The van der Waals surface area contributed by atoms with E-state index in [9.17, 15) is 10.2 Å². The molecule has 8 nitrogen and oxygen atoms in total. The molecule has 1 atom stereocenters. The van der Waals surface area contributed by atoms with Gasteiger partial charge in [-0.3, -0.25) is 9.80 Å². The molecule has 0 aromatic rings. The van der Waals surface area contributed by atoms with Gasteiger partial charge in [0.1, 0.15) is 0 Å². The van der Waals surface area contributed by atoms with Crippen LogP contribution in [0.4, 0.5) is 0 Å². The highest BCUT2D eigenvalue weighted by Gasteiger charge is 2.26. The number of hydrogen-bond acceptors (Lipinski definition) is 8. The molecule has 1 aliphatic rings. The molecule has 0 aromatic carbocycles. The van der Waals surface area contributed by atoms with Crippen molar-refractivity contribution >= 4 is 0 Å². The monoisotopic (exact) mass is 532 g/mol. The first-order valence-electron chi connectivity index (χ1n) is 15.1. The average Bonchev–Trinajstić information content (AvgIpc) is 2.89. The van der Waals surface area contributed by atoms with Gasteiger partial charge in [0.05, 0.1) is 59.5 Å². The van der Waals surface area contributed by atoms with Gasteiger partial charge in [-0.25, -0.2) is 0 Å². The van der Waals surface area contributed by atoms with Crippen molar-refractivity contribution in [1.82, 2.24) is 9.80 Å². The molecule has 2 N–H and O–H groups in total. The van der Waals surface area contributed by atoms with Crippen molar-refractivity contribution < 1.29 is 29.2 Å². The zero-order valence-electron chi connectivity index (χ0n) is 24.3. The van der Waals surface area contributed by atoms with Gasteiger partial charge in [0.25, 0.3) is 0 Å². The largest absolute Gasteiger partial charge is 0.396 e. The highest BCUT2D eigenvalue weighted by molar-refractivity contribution is 4.78. The normalized spacial score (nSPS) is 20.8. The summed E-state index contributed by atoms with van der Waals surface area (Å²) < 4.78 is 23.1. The summed E-state index contributed by atoms with van der Waals surface area (Å²) in [6, 6.07) is 0. The minimum atomic E-state index is -0.106. The average molecular weight is 533 g/mol. The van der Waals surface area contributed by atoms with Crippen molar-refractivity contribution in [3.05, 3.63) is 0 Å². The molecule has 0 radical (unpaired) electrons. The predicted octanol–water partition coefficient (Wildman–Crippen LogP) is 3.58. The molecule has 1 rings (SSSR count). The number of aliphatic hydroxyl groups is 2. The molecule has 1 fully saturated rings. The number of aliphatic hydroxyl groups excluding tert-OH is 2. The van der Waals surface area contributed by atoms with Crippen LogP contribution in [0.15, 0.2) is 0 Å². The zero-order valence-corrected chi connectivity index (χ0v) is 24.3. The second-order valence-corrected chi connectivity index (χ2v) is 10.8. The molecule has 1 heterocycles. The zero-order chi connectivity index (χ0) is 26.9. The van der Waals surface area contributed by atoms with Gasteiger partial charge in [0.15, 0.2) is 0 Å². The molecule has 8 heteroatoms. The summed E-state index contributed by atoms with van der Waals surface area (Å²) in [6.07, 6.45) is 12.9. The van der Waals surface area contributed by atoms with E-state index >= 15 is 0 Å². The molecule has 1 saturated heterocycles. The molecule has 0 amide bonds. The Morgan fingerprint density at radius 3 is 1.46 bits per heavy atom. The van der Waals surface area contributed by atoms with Crippen molar-refractivity contribution in [2.45, 2.75) is 78.1 Å². The fourth-order valence-corrected chi connectivity index (χ4v) is 4.78. The molecule has 37 heavy (non-hydrogen) atoms. The van der Waals surface area contributed by atoms with Crippen molar-refractivity contribution in [1.29, 1.82) is 0 Å². The lowest BCUT2D eigenvalue weighted by Gasteiger charge is -2.34. The first-order valence-corrected chi connectivity index (χ1v) is 15.1. The fourth-order valence-electron chi connectivity index (χ4n) is 4.78. The van der Waals surface area contributed by atoms with Crippen LogP contribution in [0, 0.1) is 5.41 Å². The SMILES string of the molecule is CCCCCCCCCCCC(C)(CO)CN1CCOCCOCCN(CCO)CCOCCOCC1. The van der Waals surface area contributed by atoms with E-state index in [1.807, 2.05) is 0 Å². The van der Waals surface area contributed by atoms with E-state index in [4.69, 9.17) is 18.9 Å². The van der Waals surface area contributed by atoms with Gasteiger partial charge in [-0.15, -0.1) is 0 Å². The molecule has 0 aliphatic carbocycles. The summed E-state index contributed by atoms with van der Waals surface area (Å²) in [5.74, 6) is 0. The van der Waals surface area contributed by atoms with Crippen LogP contribution in [-0.4, -0.2) is 125 Å². The van der Waals surface area contributed by atoms with Gasteiger partial charge in [-0.2, -0.15) is 0 Å². The Hall–Kier alpha value is -0.320. The lowest BCUT2D eigenvalue weighted by molar-refractivity contribution is -0.00277. The van der Waals surface area contributed by atoms with Crippen LogP contribution in [0.3, 0.4) is 0 Å². The Labute approximate surface area is 228 Å². The van der Waals surface area contributed by atoms with Crippen molar-refractivity contribution in [3.63, 3.8) is 0 Å². The third-order valence-electron chi connectivity index (χ3n) is 7.24. The standard InChI is InChI=1S/C29H60N2O6/c1-3-4-5-6-7-8-9-10-11-12-29(2,28-33)27-31-16-21-36-25-23-34-19-14-30(13-18-32)15-20-35-24-26-37-22-17-31/h32-33H,3-28H2,1-2H3.